The summed E-state index contributed by atoms with van der Waals surface area (Å²) in [7, 11) is 0. The molecule has 1 unspecified atom stereocenters. The molecule has 1 fully saturated rings. The quantitative estimate of drug-likeness (QED) is 0.639. The highest BCUT2D eigenvalue weighted by Crippen LogP contribution is 2.22. The van der Waals surface area contributed by atoms with Gasteiger partial charge in [0.1, 0.15) is 0 Å². The molecule has 7 heteroatoms. The lowest BCUT2D eigenvalue weighted by Gasteiger charge is -2.19. The summed E-state index contributed by atoms with van der Waals surface area (Å²) in [4.78, 5) is 25.1. The molecule has 1 saturated heterocycles. The van der Waals surface area contributed by atoms with Crippen molar-refractivity contribution in [1.29, 1.82) is 0 Å². The van der Waals surface area contributed by atoms with Crippen LogP contribution >= 0.6 is 0 Å². The second kappa shape index (κ2) is 7.12. The monoisotopic (exact) mass is 340 g/mol. The molecule has 2 amide bonds. The summed E-state index contributed by atoms with van der Waals surface area (Å²) in [6.45, 7) is 1.40. The summed E-state index contributed by atoms with van der Waals surface area (Å²) >= 11 is 0. The number of hydrogen-bond acceptors (Lipinski definition) is 4. The molecular formula is C18H20N4O3. The smallest absolute Gasteiger partial charge is 0.404 e. The van der Waals surface area contributed by atoms with Crippen LogP contribution in [0.4, 0.5) is 21.9 Å². The van der Waals surface area contributed by atoms with Gasteiger partial charge in [0.05, 0.1) is 17.4 Å². The number of carbonyl (C=O) groups is 2. The Labute approximate surface area is 145 Å². The van der Waals surface area contributed by atoms with Gasteiger partial charge >= 0.3 is 6.09 Å². The van der Waals surface area contributed by atoms with Crippen molar-refractivity contribution in [2.24, 2.45) is 0 Å². The zero-order chi connectivity index (χ0) is 17.8. The van der Waals surface area contributed by atoms with Crippen LogP contribution in [0.1, 0.15) is 16.8 Å². The van der Waals surface area contributed by atoms with E-state index in [9.17, 15) is 9.59 Å². The third-order valence-electron chi connectivity index (χ3n) is 4.22. The van der Waals surface area contributed by atoms with E-state index in [-0.39, 0.29) is 11.9 Å². The number of benzene rings is 2. The molecule has 1 atom stereocenters. The Morgan fingerprint density at radius 3 is 2.52 bits per heavy atom. The molecule has 1 heterocycles. The van der Waals surface area contributed by atoms with Gasteiger partial charge in [0.15, 0.2) is 0 Å². The molecule has 0 saturated carbocycles. The number of rotatable bonds is 4. The van der Waals surface area contributed by atoms with Crippen LogP contribution in [-0.2, 0) is 0 Å². The number of anilines is 3. The molecular weight excluding hydrogens is 320 g/mol. The first-order valence-corrected chi connectivity index (χ1v) is 8.03. The first-order valence-electron chi connectivity index (χ1n) is 8.03. The average molecular weight is 340 g/mol. The van der Waals surface area contributed by atoms with Crippen molar-refractivity contribution in [2.45, 2.75) is 12.5 Å². The third-order valence-corrected chi connectivity index (χ3v) is 4.22. The maximum absolute atomic E-state index is 12.3. The summed E-state index contributed by atoms with van der Waals surface area (Å²) in [6.07, 6.45) is -0.235. The van der Waals surface area contributed by atoms with E-state index in [2.05, 4.69) is 15.5 Å². The minimum absolute atomic E-state index is 0.0680. The lowest BCUT2D eigenvalue weighted by molar-refractivity contribution is 0.102. The fraction of sp³-hybridized carbons (Fsp3) is 0.222. The van der Waals surface area contributed by atoms with Gasteiger partial charge in [-0.2, -0.15) is 0 Å². The number of nitrogens with one attached hydrogen (secondary N) is 2. The van der Waals surface area contributed by atoms with E-state index in [0.717, 1.165) is 18.7 Å². The molecule has 1 aliphatic heterocycles. The maximum Gasteiger partial charge on any atom is 0.404 e. The lowest BCUT2D eigenvalue weighted by atomic mass is 10.1. The zero-order valence-electron chi connectivity index (χ0n) is 13.6. The molecule has 2 aromatic rings. The SMILES string of the molecule is Nc1ccccc1NC(=O)c1ccc(N2CCC(NC(=O)O)C2)cc1. The van der Waals surface area contributed by atoms with Crippen LogP contribution in [-0.4, -0.2) is 36.2 Å². The molecule has 0 bridgehead atoms. The van der Waals surface area contributed by atoms with Crippen LogP contribution in [0.15, 0.2) is 48.5 Å². The Bertz CT molecular complexity index is 776. The van der Waals surface area contributed by atoms with Gasteiger partial charge < -0.3 is 26.4 Å². The van der Waals surface area contributed by atoms with Crippen LogP contribution in [0.25, 0.3) is 0 Å². The number of nitrogens with zero attached hydrogens (tertiary/aromatic N) is 1. The number of carbonyl (C=O) groups excluding carboxylic acids is 1. The van der Waals surface area contributed by atoms with Gasteiger partial charge in [0.2, 0.25) is 0 Å². The highest BCUT2D eigenvalue weighted by Gasteiger charge is 2.24. The molecule has 5 N–H and O–H groups in total. The first kappa shape index (κ1) is 16.6. The molecule has 7 nitrogen and oxygen atoms in total. The predicted octanol–water partition coefficient (Wildman–Crippen LogP) is 2.37. The number of para-hydroxylation sites is 2. The van der Waals surface area contributed by atoms with E-state index >= 15 is 0 Å². The number of amides is 2. The molecule has 2 aromatic carbocycles. The van der Waals surface area contributed by atoms with Crippen LogP contribution in [0.5, 0.6) is 0 Å². The van der Waals surface area contributed by atoms with E-state index in [1.807, 2.05) is 24.3 Å². The standard InChI is InChI=1S/C18H20N4O3/c19-15-3-1-2-4-16(15)21-17(23)12-5-7-14(8-6-12)22-10-9-13(11-22)20-18(24)25/h1-8,13,20H,9-11,19H2,(H,21,23)(H,24,25). The zero-order valence-corrected chi connectivity index (χ0v) is 13.6. The fourth-order valence-electron chi connectivity index (χ4n) is 2.92. The number of nitrogen functional groups attached to an aromatic ring is 1. The van der Waals surface area contributed by atoms with Crippen molar-refractivity contribution in [3.63, 3.8) is 0 Å². The van der Waals surface area contributed by atoms with Gasteiger partial charge in [-0.05, 0) is 42.8 Å². The Morgan fingerprint density at radius 2 is 1.84 bits per heavy atom. The van der Waals surface area contributed by atoms with Crippen molar-refractivity contribution < 1.29 is 14.7 Å². The van der Waals surface area contributed by atoms with Crippen LogP contribution in [0, 0.1) is 0 Å². The number of carboxylic acid groups (broad SMARTS) is 1. The minimum atomic E-state index is -1.00. The molecule has 0 radical (unpaired) electrons. The Hall–Kier alpha value is -3.22. The topological polar surface area (TPSA) is 108 Å². The van der Waals surface area contributed by atoms with Gasteiger partial charge in [0, 0.05) is 24.3 Å². The van der Waals surface area contributed by atoms with Gasteiger partial charge in [-0.15, -0.1) is 0 Å². The Morgan fingerprint density at radius 1 is 1.12 bits per heavy atom. The molecule has 3 rings (SSSR count). The third kappa shape index (κ3) is 4.00. The van der Waals surface area contributed by atoms with Gasteiger partial charge in [-0.1, -0.05) is 12.1 Å². The molecule has 0 aromatic heterocycles. The van der Waals surface area contributed by atoms with Crippen LogP contribution in [0.2, 0.25) is 0 Å². The highest BCUT2D eigenvalue weighted by atomic mass is 16.4. The second-order valence-corrected chi connectivity index (χ2v) is 5.97. The maximum atomic E-state index is 12.3. The summed E-state index contributed by atoms with van der Waals surface area (Å²) < 4.78 is 0. The van der Waals surface area contributed by atoms with Gasteiger partial charge in [-0.3, -0.25) is 4.79 Å². The highest BCUT2D eigenvalue weighted by molar-refractivity contribution is 6.05. The number of nitrogens with two attached hydrogens (primary N) is 1. The van der Waals surface area contributed by atoms with Crippen molar-refractivity contribution in [3.8, 4) is 0 Å². The van der Waals surface area contributed by atoms with Gasteiger partial charge in [-0.25, -0.2) is 4.79 Å². The summed E-state index contributed by atoms with van der Waals surface area (Å²) in [5.41, 5.74) is 8.43. The molecule has 0 spiro atoms. The number of hydrogen-bond donors (Lipinski definition) is 4. The normalized spacial score (nSPS) is 16.5. The van der Waals surface area contributed by atoms with Crippen LogP contribution in [0.3, 0.4) is 0 Å². The fourth-order valence-corrected chi connectivity index (χ4v) is 2.92. The van der Waals surface area contributed by atoms with E-state index < -0.39 is 6.09 Å². The van der Waals surface area contributed by atoms with Crippen LogP contribution < -0.4 is 21.3 Å². The second-order valence-electron chi connectivity index (χ2n) is 5.97. The predicted molar refractivity (Wildman–Crippen MR) is 97.0 cm³/mol. The summed E-state index contributed by atoms with van der Waals surface area (Å²) in [6, 6.07) is 14.3. The molecule has 25 heavy (non-hydrogen) atoms. The summed E-state index contributed by atoms with van der Waals surface area (Å²) in [5, 5.41) is 14.1. The molecule has 0 aliphatic carbocycles. The van der Waals surface area contributed by atoms with E-state index in [4.69, 9.17) is 10.8 Å². The molecule has 1 aliphatic rings. The lowest BCUT2D eigenvalue weighted by Crippen LogP contribution is -2.36. The van der Waals surface area contributed by atoms with Crippen molar-refractivity contribution in [1.82, 2.24) is 5.32 Å². The van der Waals surface area contributed by atoms with Crippen molar-refractivity contribution in [3.05, 3.63) is 54.1 Å². The molecule has 130 valence electrons. The Kier molecular flexibility index (Phi) is 4.74. The van der Waals surface area contributed by atoms with Crippen molar-refractivity contribution >= 4 is 29.1 Å². The van der Waals surface area contributed by atoms with Gasteiger partial charge in [0.25, 0.3) is 5.91 Å². The van der Waals surface area contributed by atoms with E-state index in [0.29, 0.717) is 23.5 Å². The average Bonchev–Trinajstić information content (AvgIpc) is 3.05. The van der Waals surface area contributed by atoms with E-state index in [1.165, 1.54) is 0 Å². The van der Waals surface area contributed by atoms with E-state index in [1.54, 1.807) is 24.3 Å². The largest absolute Gasteiger partial charge is 0.465 e. The van der Waals surface area contributed by atoms with Crippen molar-refractivity contribution in [2.75, 3.05) is 29.0 Å². The first-order chi connectivity index (χ1) is 12.0. The minimum Gasteiger partial charge on any atom is -0.465 e. The Balaban J connectivity index is 1.63. The summed E-state index contributed by atoms with van der Waals surface area (Å²) in [5.74, 6) is -0.226.